The monoisotopic (exact) mass is 267 g/mol. The van der Waals surface area contributed by atoms with Crippen LogP contribution in [0, 0.1) is 5.92 Å². The highest BCUT2D eigenvalue weighted by Gasteiger charge is 2.22. The molecule has 2 N–H and O–H groups in total. The van der Waals surface area contributed by atoms with E-state index in [-0.39, 0.29) is 6.04 Å². The average molecular weight is 267 g/mol. The highest BCUT2D eigenvalue weighted by Crippen LogP contribution is 2.38. The second-order valence-electron chi connectivity index (χ2n) is 4.96. The number of para-hydroxylation sites is 1. The summed E-state index contributed by atoms with van der Waals surface area (Å²) in [5.74, 6) is 2.75. The molecule has 0 heterocycles. The number of ether oxygens (including phenoxy) is 1. The Labute approximate surface area is 115 Å². The summed E-state index contributed by atoms with van der Waals surface area (Å²) in [7, 11) is 1.72. The van der Waals surface area contributed by atoms with Gasteiger partial charge in [-0.2, -0.15) is 11.8 Å². The van der Waals surface area contributed by atoms with Gasteiger partial charge in [0.05, 0.1) is 7.11 Å². The van der Waals surface area contributed by atoms with Crippen LogP contribution in [0.25, 0.3) is 0 Å². The minimum absolute atomic E-state index is 0.171. The van der Waals surface area contributed by atoms with Gasteiger partial charge in [0.15, 0.2) is 0 Å². The lowest BCUT2D eigenvalue weighted by molar-refractivity contribution is 0.407. The molecule has 18 heavy (non-hydrogen) atoms. The van der Waals surface area contributed by atoms with Crippen LogP contribution in [0.3, 0.4) is 0 Å². The van der Waals surface area contributed by atoms with Crippen LogP contribution in [-0.2, 0) is 0 Å². The maximum Gasteiger partial charge on any atom is 0.123 e. The van der Waals surface area contributed by atoms with E-state index >= 15 is 0 Å². The third kappa shape index (κ3) is 4.21. The first kappa shape index (κ1) is 15.4. The predicted molar refractivity (Wildman–Crippen MR) is 81.3 cm³/mol. The minimum atomic E-state index is 0.171. The molecule has 102 valence electrons. The number of methoxy groups -OCH3 is 1. The van der Waals surface area contributed by atoms with Crippen LogP contribution < -0.4 is 10.5 Å². The fraction of sp³-hybridized carbons (Fsp3) is 0.600. The van der Waals surface area contributed by atoms with Gasteiger partial charge >= 0.3 is 0 Å². The van der Waals surface area contributed by atoms with Crippen molar-refractivity contribution in [2.75, 3.05) is 12.9 Å². The van der Waals surface area contributed by atoms with Gasteiger partial charge in [-0.25, -0.2) is 0 Å². The van der Waals surface area contributed by atoms with E-state index in [0.29, 0.717) is 11.2 Å². The first-order chi connectivity index (χ1) is 8.60. The smallest absolute Gasteiger partial charge is 0.123 e. The molecule has 2 atom stereocenters. The molecule has 2 nitrogen and oxygen atoms in total. The summed E-state index contributed by atoms with van der Waals surface area (Å²) < 4.78 is 5.46. The maximum atomic E-state index is 6.28. The fourth-order valence-electron chi connectivity index (χ4n) is 1.86. The van der Waals surface area contributed by atoms with Crippen LogP contribution in [0.5, 0.6) is 5.75 Å². The fourth-order valence-corrected chi connectivity index (χ4v) is 3.26. The van der Waals surface area contributed by atoms with Crippen molar-refractivity contribution >= 4 is 11.8 Å². The summed E-state index contributed by atoms with van der Waals surface area (Å²) in [6.45, 7) is 6.62. The van der Waals surface area contributed by atoms with Gasteiger partial charge in [0.25, 0.3) is 0 Å². The second-order valence-corrected chi connectivity index (χ2v) is 6.14. The van der Waals surface area contributed by atoms with Gasteiger partial charge in [-0.15, -0.1) is 0 Å². The van der Waals surface area contributed by atoms with Crippen molar-refractivity contribution in [3.8, 4) is 5.75 Å². The molecule has 0 aromatic heterocycles. The van der Waals surface area contributed by atoms with Gasteiger partial charge < -0.3 is 10.5 Å². The van der Waals surface area contributed by atoms with E-state index in [1.807, 2.05) is 23.9 Å². The number of hydrogen-bond acceptors (Lipinski definition) is 3. The zero-order valence-electron chi connectivity index (χ0n) is 11.8. The van der Waals surface area contributed by atoms with E-state index in [4.69, 9.17) is 10.5 Å². The third-order valence-electron chi connectivity index (χ3n) is 2.91. The topological polar surface area (TPSA) is 35.2 Å². The van der Waals surface area contributed by atoms with Crippen molar-refractivity contribution in [2.45, 2.75) is 38.5 Å². The van der Waals surface area contributed by atoms with E-state index < -0.39 is 0 Å². The molecule has 0 aliphatic carbocycles. The summed E-state index contributed by atoms with van der Waals surface area (Å²) in [5.41, 5.74) is 7.50. The van der Waals surface area contributed by atoms with Gasteiger partial charge in [-0.1, -0.05) is 39.0 Å². The highest BCUT2D eigenvalue weighted by atomic mass is 32.2. The third-order valence-corrected chi connectivity index (χ3v) is 4.74. The number of rotatable bonds is 7. The van der Waals surface area contributed by atoms with E-state index in [1.165, 1.54) is 5.56 Å². The van der Waals surface area contributed by atoms with Crippen LogP contribution >= 0.6 is 11.8 Å². The maximum absolute atomic E-state index is 6.28. The SMILES string of the molecule is CCC(N)C(SCC(C)C)c1ccccc1OC. The first-order valence-electron chi connectivity index (χ1n) is 6.60. The zero-order chi connectivity index (χ0) is 13.5. The standard InChI is InChI=1S/C15H25NOS/c1-5-13(16)15(18-10-11(2)3)12-8-6-7-9-14(12)17-4/h6-9,11,13,15H,5,10,16H2,1-4H3. The molecule has 0 fully saturated rings. The lowest BCUT2D eigenvalue weighted by atomic mass is 10.0. The highest BCUT2D eigenvalue weighted by molar-refractivity contribution is 7.99. The molecule has 0 bridgehead atoms. The van der Waals surface area contributed by atoms with E-state index in [1.54, 1.807) is 7.11 Å². The van der Waals surface area contributed by atoms with Crippen LogP contribution in [0.4, 0.5) is 0 Å². The molecular formula is C15H25NOS. The van der Waals surface area contributed by atoms with Gasteiger partial charge in [-0.3, -0.25) is 0 Å². The summed E-state index contributed by atoms with van der Waals surface area (Å²) in [6.07, 6.45) is 0.980. The Morgan fingerprint density at radius 3 is 2.50 bits per heavy atom. The predicted octanol–water partition coefficient (Wildman–Crippen LogP) is 3.86. The summed E-state index contributed by atoms with van der Waals surface area (Å²) in [4.78, 5) is 0. The molecule has 0 spiro atoms. The van der Waals surface area contributed by atoms with Crippen molar-refractivity contribution in [1.82, 2.24) is 0 Å². The molecule has 0 amide bonds. The Morgan fingerprint density at radius 2 is 1.94 bits per heavy atom. The second kappa shape index (κ2) is 7.70. The molecule has 0 aliphatic heterocycles. The van der Waals surface area contributed by atoms with Crippen LogP contribution in [-0.4, -0.2) is 18.9 Å². The van der Waals surface area contributed by atoms with Crippen LogP contribution in [0.2, 0.25) is 0 Å². The molecule has 0 saturated carbocycles. The normalized spacial score (nSPS) is 14.6. The lowest BCUT2D eigenvalue weighted by Gasteiger charge is -2.25. The number of hydrogen-bond donors (Lipinski definition) is 1. The van der Waals surface area contributed by atoms with Crippen LogP contribution in [0.1, 0.15) is 38.0 Å². The largest absolute Gasteiger partial charge is 0.496 e. The molecule has 2 unspecified atom stereocenters. The molecule has 1 aromatic rings. The lowest BCUT2D eigenvalue weighted by Crippen LogP contribution is -2.26. The van der Waals surface area contributed by atoms with Crippen molar-refractivity contribution in [3.05, 3.63) is 29.8 Å². The van der Waals surface area contributed by atoms with Gasteiger partial charge in [-0.05, 0) is 24.2 Å². The molecule has 0 radical (unpaired) electrons. The summed E-state index contributed by atoms with van der Waals surface area (Å²) >= 11 is 1.94. The van der Waals surface area contributed by atoms with Crippen molar-refractivity contribution in [1.29, 1.82) is 0 Å². The first-order valence-corrected chi connectivity index (χ1v) is 7.65. The molecule has 1 rings (SSSR count). The van der Waals surface area contributed by atoms with Crippen molar-refractivity contribution in [3.63, 3.8) is 0 Å². The number of thioether (sulfide) groups is 1. The molecular weight excluding hydrogens is 242 g/mol. The quantitative estimate of drug-likeness (QED) is 0.814. The molecule has 0 aliphatic rings. The Bertz CT molecular complexity index is 354. The van der Waals surface area contributed by atoms with Gasteiger partial charge in [0.1, 0.15) is 5.75 Å². The Balaban J connectivity index is 2.93. The van der Waals surface area contributed by atoms with Crippen molar-refractivity contribution in [2.24, 2.45) is 11.7 Å². The average Bonchev–Trinajstić information content (AvgIpc) is 2.38. The summed E-state index contributed by atoms with van der Waals surface area (Å²) in [5, 5.41) is 0.313. The van der Waals surface area contributed by atoms with Crippen LogP contribution in [0.15, 0.2) is 24.3 Å². The van der Waals surface area contributed by atoms with E-state index in [2.05, 4.69) is 32.9 Å². The zero-order valence-corrected chi connectivity index (χ0v) is 12.7. The Hall–Kier alpha value is -0.670. The molecule has 0 saturated heterocycles. The van der Waals surface area contributed by atoms with Gasteiger partial charge in [0, 0.05) is 16.9 Å². The summed E-state index contributed by atoms with van der Waals surface area (Å²) in [6, 6.07) is 8.38. The Morgan fingerprint density at radius 1 is 1.28 bits per heavy atom. The van der Waals surface area contributed by atoms with Gasteiger partial charge in [0.2, 0.25) is 0 Å². The molecule has 1 aromatic carbocycles. The van der Waals surface area contributed by atoms with Crippen molar-refractivity contribution < 1.29 is 4.74 Å². The molecule has 3 heteroatoms. The van der Waals surface area contributed by atoms with E-state index in [9.17, 15) is 0 Å². The number of nitrogens with two attached hydrogens (primary N) is 1. The Kier molecular flexibility index (Phi) is 6.58. The van der Waals surface area contributed by atoms with E-state index in [0.717, 1.165) is 17.9 Å². The number of benzene rings is 1. The minimum Gasteiger partial charge on any atom is -0.496 e.